The van der Waals surface area contributed by atoms with Crippen molar-refractivity contribution in [3.63, 3.8) is 0 Å². The van der Waals surface area contributed by atoms with E-state index in [0.29, 0.717) is 30.0 Å². The molecule has 5 heteroatoms. The number of unbranched alkanes of at least 4 members (excludes halogenated alkanes) is 1. The number of nitrogens with two attached hydrogens (primary N) is 1. The second kappa shape index (κ2) is 5.31. The Hall–Kier alpha value is -1.36. The zero-order chi connectivity index (χ0) is 12.3. The number of hydrogen-bond donors (Lipinski definition) is 1. The molecule has 0 saturated heterocycles. The standard InChI is InChI=1S/C12H15F2NO2/c13-12(14)9-6-11-10(16-7-17-11)5-8(9)3-1-2-4-15/h5-6,12H,1-4,7,15H2. The molecule has 1 aliphatic heterocycles. The predicted molar refractivity (Wildman–Crippen MR) is 59.5 cm³/mol. The molecule has 2 rings (SSSR count). The van der Waals surface area contributed by atoms with Crippen LogP contribution in [-0.4, -0.2) is 13.3 Å². The van der Waals surface area contributed by atoms with Gasteiger partial charge in [-0.15, -0.1) is 0 Å². The van der Waals surface area contributed by atoms with Gasteiger partial charge in [0.1, 0.15) is 0 Å². The molecule has 94 valence electrons. The summed E-state index contributed by atoms with van der Waals surface area (Å²) in [6, 6.07) is 3.03. The highest BCUT2D eigenvalue weighted by atomic mass is 19.3. The third kappa shape index (κ3) is 2.66. The molecule has 0 unspecified atom stereocenters. The third-order valence-electron chi connectivity index (χ3n) is 2.77. The Labute approximate surface area is 98.5 Å². The molecule has 17 heavy (non-hydrogen) atoms. The van der Waals surface area contributed by atoms with Gasteiger partial charge in [0.15, 0.2) is 11.5 Å². The third-order valence-corrected chi connectivity index (χ3v) is 2.77. The van der Waals surface area contributed by atoms with Crippen LogP contribution in [-0.2, 0) is 6.42 Å². The molecule has 1 heterocycles. The molecule has 3 nitrogen and oxygen atoms in total. The van der Waals surface area contributed by atoms with Crippen LogP contribution in [0.4, 0.5) is 8.78 Å². The van der Waals surface area contributed by atoms with Crippen LogP contribution in [0.3, 0.4) is 0 Å². The van der Waals surface area contributed by atoms with E-state index in [2.05, 4.69) is 0 Å². The lowest BCUT2D eigenvalue weighted by Crippen LogP contribution is -2.01. The number of benzene rings is 1. The van der Waals surface area contributed by atoms with Crippen molar-refractivity contribution in [3.05, 3.63) is 23.3 Å². The Bertz CT molecular complexity index is 396. The molecule has 0 spiro atoms. The molecule has 1 aromatic rings. The minimum atomic E-state index is -2.49. The van der Waals surface area contributed by atoms with Gasteiger partial charge < -0.3 is 15.2 Å². The van der Waals surface area contributed by atoms with Crippen LogP contribution in [0.5, 0.6) is 11.5 Å². The lowest BCUT2D eigenvalue weighted by Gasteiger charge is -2.10. The van der Waals surface area contributed by atoms with E-state index in [1.807, 2.05) is 0 Å². The number of hydrogen-bond acceptors (Lipinski definition) is 3. The van der Waals surface area contributed by atoms with Gasteiger partial charge in [0, 0.05) is 5.56 Å². The number of aryl methyl sites for hydroxylation is 1. The first-order chi connectivity index (χ1) is 8.22. The van der Waals surface area contributed by atoms with Crippen LogP contribution < -0.4 is 15.2 Å². The summed E-state index contributed by atoms with van der Waals surface area (Å²) in [4.78, 5) is 0. The van der Waals surface area contributed by atoms with E-state index in [-0.39, 0.29) is 12.4 Å². The average molecular weight is 243 g/mol. The van der Waals surface area contributed by atoms with E-state index >= 15 is 0 Å². The van der Waals surface area contributed by atoms with Crippen molar-refractivity contribution in [2.45, 2.75) is 25.7 Å². The zero-order valence-electron chi connectivity index (χ0n) is 9.42. The molecule has 0 radical (unpaired) electrons. The minimum absolute atomic E-state index is 0.0336. The number of rotatable bonds is 5. The maximum atomic E-state index is 12.9. The van der Waals surface area contributed by atoms with Crippen LogP contribution in [0.2, 0.25) is 0 Å². The first-order valence-electron chi connectivity index (χ1n) is 5.63. The van der Waals surface area contributed by atoms with Gasteiger partial charge in [-0.1, -0.05) is 0 Å². The molecule has 0 atom stereocenters. The summed E-state index contributed by atoms with van der Waals surface area (Å²) < 4.78 is 36.1. The number of halogens is 2. The Balaban J connectivity index is 2.22. The zero-order valence-corrected chi connectivity index (χ0v) is 9.42. The van der Waals surface area contributed by atoms with Crippen LogP contribution in [0.15, 0.2) is 12.1 Å². The second-order valence-electron chi connectivity index (χ2n) is 3.95. The van der Waals surface area contributed by atoms with Crippen molar-refractivity contribution in [1.82, 2.24) is 0 Å². The summed E-state index contributed by atoms with van der Waals surface area (Å²) in [5.41, 5.74) is 6.04. The highest BCUT2D eigenvalue weighted by molar-refractivity contribution is 5.49. The molecule has 0 fully saturated rings. The van der Waals surface area contributed by atoms with E-state index in [1.165, 1.54) is 6.07 Å². The average Bonchev–Trinajstić information content (AvgIpc) is 2.75. The monoisotopic (exact) mass is 243 g/mol. The van der Waals surface area contributed by atoms with Crippen LogP contribution in [0, 0.1) is 0 Å². The molecule has 0 aromatic heterocycles. The lowest BCUT2D eigenvalue weighted by atomic mass is 10.0. The van der Waals surface area contributed by atoms with Crippen molar-refractivity contribution in [1.29, 1.82) is 0 Å². The van der Waals surface area contributed by atoms with Gasteiger partial charge in [0.25, 0.3) is 6.43 Å². The first-order valence-corrected chi connectivity index (χ1v) is 5.63. The molecular formula is C12H15F2NO2. The predicted octanol–water partition coefficient (Wildman–Crippen LogP) is 2.63. The first kappa shape index (κ1) is 12.1. The quantitative estimate of drug-likeness (QED) is 0.808. The van der Waals surface area contributed by atoms with Gasteiger partial charge >= 0.3 is 0 Å². The molecule has 1 aliphatic rings. The van der Waals surface area contributed by atoms with Gasteiger partial charge in [0.05, 0.1) is 0 Å². The molecule has 1 aromatic carbocycles. The maximum absolute atomic E-state index is 12.9. The van der Waals surface area contributed by atoms with Crippen molar-refractivity contribution >= 4 is 0 Å². The maximum Gasteiger partial charge on any atom is 0.264 e. The highest BCUT2D eigenvalue weighted by Crippen LogP contribution is 2.38. The fourth-order valence-electron chi connectivity index (χ4n) is 1.88. The van der Waals surface area contributed by atoms with E-state index in [0.717, 1.165) is 12.8 Å². The molecule has 0 amide bonds. The molecule has 2 N–H and O–H groups in total. The van der Waals surface area contributed by atoms with Gasteiger partial charge in [-0.3, -0.25) is 0 Å². The number of ether oxygens (including phenoxy) is 2. The summed E-state index contributed by atoms with van der Waals surface area (Å²) >= 11 is 0. The van der Waals surface area contributed by atoms with Crippen LogP contribution >= 0.6 is 0 Å². The van der Waals surface area contributed by atoms with Crippen molar-refractivity contribution < 1.29 is 18.3 Å². The molecule has 0 aliphatic carbocycles. The number of fused-ring (bicyclic) bond motifs is 1. The van der Waals surface area contributed by atoms with E-state index in [1.54, 1.807) is 6.07 Å². The number of alkyl halides is 2. The van der Waals surface area contributed by atoms with E-state index in [4.69, 9.17) is 15.2 Å². The largest absolute Gasteiger partial charge is 0.454 e. The minimum Gasteiger partial charge on any atom is -0.454 e. The van der Waals surface area contributed by atoms with Gasteiger partial charge in [-0.05, 0) is 43.5 Å². The summed E-state index contributed by atoms with van der Waals surface area (Å²) in [5, 5.41) is 0. The Kier molecular flexibility index (Phi) is 3.78. The summed E-state index contributed by atoms with van der Waals surface area (Å²) in [6.45, 7) is 0.679. The van der Waals surface area contributed by atoms with Crippen molar-refractivity contribution in [3.8, 4) is 11.5 Å². The van der Waals surface area contributed by atoms with Gasteiger partial charge in [0.2, 0.25) is 6.79 Å². The smallest absolute Gasteiger partial charge is 0.264 e. The summed E-state index contributed by atoms with van der Waals surface area (Å²) in [6.07, 6.45) is -0.266. The van der Waals surface area contributed by atoms with Crippen LogP contribution in [0.25, 0.3) is 0 Å². The topological polar surface area (TPSA) is 44.5 Å². The fraction of sp³-hybridized carbons (Fsp3) is 0.500. The van der Waals surface area contributed by atoms with E-state index < -0.39 is 6.43 Å². The fourth-order valence-corrected chi connectivity index (χ4v) is 1.88. The molecule has 0 bridgehead atoms. The van der Waals surface area contributed by atoms with Crippen LogP contribution in [0.1, 0.15) is 30.4 Å². The van der Waals surface area contributed by atoms with E-state index in [9.17, 15) is 8.78 Å². The van der Waals surface area contributed by atoms with Crippen molar-refractivity contribution in [2.75, 3.05) is 13.3 Å². The lowest BCUT2D eigenvalue weighted by molar-refractivity contribution is 0.149. The normalized spacial score (nSPS) is 13.4. The Morgan fingerprint density at radius 1 is 1.18 bits per heavy atom. The summed E-state index contributed by atoms with van der Waals surface area (Å²) in [7, 11) is 0. The van der Waals surface area contributed by atoms with Gasteiger partial charge in [-0.25, -0.2) is 8.78 Å². The Morgan fingerprint density at radius 2 is 1.88 bits per heavy atom. The van der Waals surface area contributed by atoms with Crippen molar-refractivity contribution in [2.24, 2.45) is 5.73 Å². The molecule has 0 saturated carbocycles. The highest BCUT2D eigenvalue weighted by Gasteiger charge is 2.21. The molecular weight excluding hydrogens is 228 g/mol. The SMILES string of the molecule is NCCCCc1cc2c(cc1C(F)F)OCO2. The van der Waals surface area contributed by atoms with Gasteiger partial charge in [-0.2, -0.15) is 0 Å². The Morgan fingerprint density at radius 3 is 2.53 bits per heavy atom. The second-order valence-corrected chi connectivity index (χ2v) is 3.95. The summed E-state index contributed by atoms with van der Waals surface area (Å²) in [5.74, 6) is 0.958.